The van der Waals surface area contributed by atoms with Crippen LogP contribution in [-0.4, -0.2) is 26.6 Å². The second-order valence-corrected chi connectivity index (χ2v) is 6.75. The van der Waals surface area contributed by atoms with E-state index in [1.807, 2.05) is 0 Å². The summed E-state index contributed by atoms with van der Waals surface area (Å²) in [5.74, 6) is -2.33. The third-order valence-corrected chi connectivity index (χ3v) is 4.26. The van der Waals surface area contributed by atoms with Gasteiger partial charge >= 0.3 is 12.1 Å². The van der Waals surface area contributed by atoms with Crippen molar-refractivity contribution in [1.29, 1.82) is 0 Å². The van der Waals surface area contributed by atoms with Crippen molar-refractivity contribution in [2.75, 3.05) is 6.61 Å². The molecular formula is C19H16BCl2F3O2. The Balaban J connectivity index is 2.34. The van der Waals surface area contributed by atoms with Crippen LogP contribution in [0.1, 0.15) is 34.3 Å². The van der Waals surface area contributed by atoms with Crippen molar-refractivity contribution in [3.8, 4) is 0 Å². The molecule has 0 amide bonds. The predicted molar refractivity (Wildman–Crippen MR) is 105 cm³/mol. The molecule has 8 heteroatoms. The third kappa shape index (κ3) is 5.78. The molecule has 0 aliphatic heterocycles. The van der Waals surface area contributed by atoms with Crippen molar-refractivity contribution in [3.05, 3.63) is 69.2 Å². The number of alkyl halides is 3. The minimum Gasteiger partial charge on any atom is -0.462 e. The Kier molecular flexibility index (Phi) is 7.01. The van der Waals surface area contributed by atoms with Crippen molar-refractivity contribution in [2.45, 2.75) is 19.0 Å². The van der Waals surface area contributed by atoms with Gasteiger partial charge < -0.3 is 4.74 Å². The number of hydrogen-bond donors (Lipinski definition) is 0. The summed E-state index contributed by atoms with van der Waals surface area (Å²) in [5, 5.41) is 0.268. The topological polar surface area (TPSA) is 26.3 Å². The average molecular weight is 415 g/mol. The van der Waals surface area contributed by atoms with E-state index < -0.39 is 18.1 Å². The summed E-state index contributed by atoms with van der Waals surface area (Å²) in [6.07, 6.45) is -2.11. The molecule has 142 valence electrons. The fourth-order valence-electron chi connectivity index (χ4n) is 2.60. The lowest BCUT2D eigenvalue weighted by Crippen LogP contribution is -2.19. The summed E-state index contributed by atoms with van der Waals surface area (Å²) < 4.78 is 45.5. The summed E-state index contributed by atoms with van der Waals surface area (Å²) in [4.78, 5) is 11.8. The Morgan fingerprint density at radius 1 is 1.19 bits per heavy atom. The van der Waals surface area contributed by atoms with Gasteiger partial charge in [-0.2, -0.15) is 13.2 Å². The Morgan fingerprint density at radius 2 is 1.81 bits per heavy atom. The molecule has 0 aromatic heterocycles. The van der Waals surface area contributed by atoms with Gasteiger partial charge in [0.1, 0.15) is 7.85 Å². The lowest BCUT2D eigenvalue weighted by Gasteiger charge is -2.18. The number of hydrogen-bond acceptors (Lipinski definition) is 2. The third-order valence-electron chi connectivity index (χ3n) is 3.82. The molecule has 0 saturated heterocycles. The zero-order valence-corrected chi connectivity index (χ0v) is 16.1. The first-order valence-electron chi connectivity index (χ1n) is 8.10. The molecule has 0 aliphatic rings. The molecule has 0 radical (unpaired) electrons. The monoisotopic (exact) mass is 414 g/mol. The molecule has 0 fully saturated rings. The number of rotatable bonds is 5. The smallest absolute Gasteiger partial charge is 0.399 e. The van der Waals surface area contributed by atoms with E-state index in [0.29, 0.717) is 16.6 Å². The molecule has 2 aromatic rings. The van der Waals surface area contributed by atoms with Crippen LogP contribution in [0, 0.1) is 0 Å². The van der Waals surface area contributed by atoms with E-state index in [1.54, 1.807) is 26.9 Å². The van der Waals surface area contributed by atoms with Crippen molar-refractivity contribution in [2.24, 2.45) is 0 Å². The van der Waals surface area contributed by atoms with Crippen LogP contribution in [0.5, 0.6) is 0 Å². The number of benzene rings is 2. The van der Waals surface area contributed by atoms with Gasteiger partial charge in [0, 0.05) is 10.0 Å². The van der Waals surface area contributed by atoms with Gasteiger partial charge in [-0.25, -0.2) is 4.79 Å². The van der Waals surface area contributed by atoms with Gasteiger partial charge in [-0.1, -0.05) is 52.9 Å². The molecule has 27 heavy (non-hydrogen) atoms. The van der Waals surface area contributed by atoms with Crippen molar-refractivity contribution < 1.29 is 22.7 Å². The van der Waals surface area contributed by atoms with Gasteiger partial charge in [0.05, 0.1) is 18.1 Å². The highest BCUT2D eigenvalue weighted by Crippen LogP contribution is 2.38. The summed E-state index contributed by atoms with van der Waals surface area (Å²) in [7, 11) is 1.70. The van der Waals surface area contributed by atoms with E-state index in [9.17, 15) is 18.0 Å². The first kappa shape index (κ1) is 21.4. The first-order valence-corrected chi connectivity index (χ1v) is 8.86. The van der Waals surface area contributed by atoms with E-state index in [1.165, 1.54) is 30.3 Å². The molecule has 0 bridgehead atoms. The molecule has 2 nitrogen and oxygen atoms in total. The predicted octanol–water partition coefficient (Wildman–Crippen LogP) is 4.79. The van der Waals surface area contributed by atoms with Crippen LogP contribution < -0.4 is 5.46 Å². The van der Waals surface area contributed by atoms with Gasteiger partial charge in [0.15, 0.2) is 0 Å². The van der Waals surface area contributed by atoms with Crippen molar-refractivity contribution in [1.82, 2.24) is 0 Å². The highest BCUT2D eigenvalue weighted by molar-refractivity contribution is 6.36. The normalized spacial score (nSPS) is 13.0. The van der Waals surface area contributed by atoms with Gasteiger partial charge in [0.25, 0.3) is 0 Å². The minimum absolute atomic E-state index is 0.0453. The fraction of sp³-hybridized carbons (Fsp3) is 0.211. The summed E-state index contributed by atoms with van der Waals surface area (Å²) in [5.41, 5.74) is 1.48. The zero-order chi connectivity index (χ0) is 20.2. The number of carbonyl (C=O) groups is 1. The Labute approximate surface area is 166 Å². The van der Waals surface area contributed by atoms with Crippen molar-refractivity contribution in [3.63, 3.8) is 0 Å². The highest BCUT2D eigenvalue weighted by Gasteiger charge is 2.39. The summed E-state index contributed by atoms with van der Waals surface area (Å²) in [6, 6.07) is 8.58. The first-order chi connectivity index (χ1) is 12.6. The SMILES string of the molecule is Bc1cc(/C=C/C(c2cc(Cl)cc(Cl)c2)C(F)(F)F)ccc1C(=O)OCC. The Bertz CT molecular complexity index is 846. The summed E-state index contributed by atoms with van der Waals surface area (Å²) >= 11 is 11.7. The van der Waals surface area contributed by atoms with E-state index in [0.717, 1.165) is 6.08 Å². The van der Waals surface area contributed by atoms with Crippen LogP contribution in [0.2, 0.25) is 10.0 Å². The van der Waals surface area contributed by atoms with Gasteiger partial charge in [-0.3, -0.25) is 0 Å². The number of carbonyl (C=O) groups excluding carboxylic acids is 1. The fourth-order valence-corrected chi connectivity index (χ4v) is 3.14. The molecule has 0 saturated carbocycles. The molecule has 0 N–H and O–H groups in total. The molecule has 2 aromatic carbocycles. The van der Waals surface area contributed by atoms with Gasteiger partial charge in [-0.05, 0) is 42.3 Å². The van der Waals surface area contributed by atoms with Crippen LogP contribution >= 0.6 is 23.2 Å². The lowest BCUT2D eigenvalue weighted by atomic mass is 9.88. The molecule has 0 heterocycles. The lowest BCUT2D eigenvalue weighted by molar-refractivity contribution is -0.139. The van der Waals surface area contributed by atoms with Crippen LogP contribution in [0.4, 0.5) is 13.2 Å². The quantitative estimate of drug-likeness (QED) is 0.519. The van der Waals surface area contributed by atoms with Gasteiger partial charge in [-0.15, -0.1) is 0 Å². The summed E-state index contributed by atoms with van der Waals surface area (Å²) in [6.45, 7) is 1.94. The van der Waals surface area contributed by atoms with Gasteiger partial charge in [0.2, 0.25) is 0 Å². The molecule has 2 rings (SSSR count). The van der Waals surface area contributed by atoms with Crippen LogP contribution in [0.25, 0.3) is 6.08 Å². The number of halogens is 5. The van der Waals surface area contributed by atoms with Crippen LogP contribution in [-0.2, 0) is 4.74 Å². The Hall–Kier alpha value is -1.92. The molecule has 0 aliphatic carbocycles. The highest BCUT2D eigenvalue weighted by atomic mass is 35.5. The molecular weight excluding hydrogens is 399 g/mol. The molecule has 1 unspecified atom stereocenters. The largest absolute Gasteiger partial charge is 0.462 e. The average Bonchev–Trinajstić information content (AvgIpc) is 2.53. The van der Waals surface area contributed by atoms with E-state index in [-0.39, 0.29) is 22.2 Å². The van der Waals surface area contributed by atoms with E-state index >= 15 is 0 Å². The van der Waals surface area contributed by atoms with Crippen LogP contribution in [0.3, 0.4) is 0 Å². The molecule has 1 atom stereocenters. The van der Waals surface area contributed by atoms with E-state index in [2.05, 4.69) is 0 Å². The molecule has 0 spiro atoms. The van der Waals surface area contributed by atoms with Crippen LogP contribution in [0.15, 0.2) is 42.5 Å². The minimum atomic E-state index is -4.51. The second-order valence-electron chi connectivity index (χ2n) is 5.88. The zero-order valence-electron chi connectivity index (χ0n) is 14.6. The van der Waals surface area contributed by atoms with Crippen molar-refractivity contribution >= 4 is 48.6 Å². The number of allylic oxidation sites excluding steroid dienone is 1. The second kappa shape index (κ2) is 8.85. The number of esters is 1. The number of ether oxygens (including phenoxy) is 1. The van der Waals surface area contributed by atoms with E-state index in [4.69, 9.17) is 27.9 Å². The maximum atomic E-state index is 13.5. The maximum absolute atomic E-state index is 13.5. The maximum Gasteiger partial charge on any atom is 0.399 e. The Morgan fingerprint density at radius 3 is 2.33 bits per heavy atom. The standard InChI is InChI=1S/C19H16BCl2F3O2/c1-2-27-18(26)15-5-3-11(7-17(15)20)4-6-16(19(23,24)25)12-8-13(21)10-14(22)9-12/h3-10,16H,2,20H2,1H3/b6-4+.